The molecular formula is C13H16ClN3O. The molecule has 18 heavy (non-hydrogen) atoms. The van der Waals surface area contributed by atoms with E-state index in [9.17, 15) is 4.79 Å². The van der Waals surface area contributed by atoms with Gasteiger partial charge in [0.25, 0.3) is 0 Å². The summed E-state index contributed by atoms with van der Waals surface area (Å²) < 4.78 is 0. The van der Waals surface area contributed by atoms with Crippen LogP contribution in [0.1, 0.15) is 26.7 Å². The van der Waals surface area contributed by atoms with Crippen LogP contribution in [0.15, 0.2) is 24.3 Å². The smallest absolute Gasteiger partial charge is 0.319 e. The maximum atomic E-state index is 11.8. The van der Waals surface area contributed by atoms with Gasteiger partial charge in [0.2, 0.25) is 0 Å². The van der Waals surface area contributed by atoms with E-state index < -0.39 is 11.6 Å². The normalized spacial score (nSPS) is 10.6. The zero-order valence-electron chi connectivity index (χ0n) is 10.5. The number of nitriles is 1. The Bertz CT molecular complexity index is 464. The number of benzene rings is 1. The van der Waals surface area contributed by atoms with E-state index in [1.54, 1.807) is 24.3 Å². The van der Waals surface area contributed by atoms with Crippen molar-refractivity contribution in [3.63, 3.8) is 0 Å². The number of carbonyl (C=O) groups is 1. The average molecular weight is 266 g/mol. The molecule has 0 unspecified atom stereocenters. The number of carbonyl (C=O) groups excluding carboxylic acids is 1. The van der Waals surface area contributed by atoms with Crippen molar-refractivity contribution < 1.29 is 4.79 Å². The SMILES string of the molecule is CCC(C#N)(CC)NC(=O)Nc1cccc(Cl)c1. The third kappa shape index (κ3) is 3.64. The highest BCUT2D eigenvalue weighted by molar-refractivity contribution is 6.30. The zero-order chi connectivity index (χ0) is 13.6. The molecule has 0 aliphatic rings. The fourth-order valence-corrected chi connectivity index (χ4v) is 1.75. The first-order valence-corrected chi connectivity index (χ1v) is 6.19. The molecular weight excluding hydrogens is 250 g/mol. The number of anilines is 1. The standard InChI is InChI=1S/C13H16ClN3O/c1-3-13(4-2,9-15)17-12(18)16-11-7-5-6-10(14)8-11/h5-8H,3-4H2,1-2H3,(H2,16,17,18). The van der Waals surface area contributed by atoms with Crippen molar-refractivity contribution in [3.8, 4) is 6.07 Å². The van der Waals surface area contributed by atoms with Crippen LogP contribution in [0, 0.1) is 11.3 Å². The van der Waals surface area contributed by atoms with Crippen LogP contribution >= 0.6 is 11.6 Å². The van der Waals surface area contributed by atoms with Gasteiger partial charge in [0.1, 0.15) is 5.54 Å². The third-order valence-corrected chi connectivity index (χ3v) is 3.09. The van der Waals surface area contributed by atoms with E-state index in [0.29, 0.717) is 23.6 Å². The second-order valence-electron chi connectivity index (χ2n) is 3.99. The van der Waals surface area contributed by atoms with Gasteiger partial charge in [0.05, 0.1) is 6.07 Å². The largest absolute Gasteiger partial charge is 0.320 e. The molecule has 2 amide bonds. The van der Waals surface area contributed by atoms with Crippen molar-refractivity contribution >= 4 is 23.3 Å². The monoisotopic (exact) mass is 265 g/mol. The topological polar surface area (TPSA) is 64.9 Å². The highest BCUT2D eigenvalue weighted by Crippen LogP contribution is 2.16. The highest BCUT2D eigenvalue weighted by atomic mass is 35.5. The molecule has 0 bridgehead atoms. The van der Waals surface area contributed by atoms with Crippen molar-refractivity contribution in [3.05, 3.63) is 29.3 Å². The first-order valence-electron chi connectivity index (χ1n) is 5.81. The van der Waals surface area contributed by atoms with Crippen LogP contribution in [0.4, 0.5) is 10.5 Å². The maximum absolute atomic E-state index is 11.8. The van der Waals surface area contributed by atoms with E-state index in [2.05, 4.69) is 16.7 Å². The Morgan fingerprint density at radius 3 is 2.61 bits per heavy atom. The molecule has 0 fully saturated rings. The summed E-state index contributed by atoms with van der Waals surface area (Å²) in [4.78, 5) is 11.8. The Labute approximate surface area is 112 Å². The summed E-state index contributed by atoms with van der Waals surface area (Å²) in [5, 5.41) is 15.0. The van der Waals surface area contributed by atoms with Crippen LogP contribution in [-0.2, 0) is 0 Å². The van der Waals surface area contributed by atoms with Gasteiger partial charge in [-0.3, -0.25) is 0 Å². The summed E-state index contributed by atoms with van der Waals surface area (Å²) in [5.41, 5.74) is -0.220. The molecule has 5 heteroatoms. The Morgan fingerprint density at radius 2 is 2.11 bits per heavy atom. The Morgan fingerprint density at radius 1 is 1.44 bits per heavy atom. The van der Waals surface area contributed by atoms with Crippen LogP contribution in [0.3, 0.4) is 0 Å². The maximum Gasteiger partial charge on any atom is 0.320 e. The lowest BCUT2D eigenvalue weighted by Gasteiger charge is -2.24. The first kappa shape index (κ1) is 14.3. The van der Waals surface area contributed by atoms with Crippen LogP contribution in [0.5, 0.6) is 0 Å². The molecule has 0 spiro atoms. The van der Waals surface area contributed by atoms with E-state index in [1.165, 1.54) is 0 Å². The lowest BCUT2D eigenvalue weighted by atomic mass is 9.95. The molecule has 96 valence electrons. The summed E-state index contributed by atoms with van der Waals surface area (Å²) in [6.07, 6.45) is 1.12. The third-order valence-electron chi connectivity index (χ3n) is 2.86. The number of hydrogen-bond acceptors (Lipinski definition) is 2. The van der Waals surface area contributed by atoms with Crippen molar-refractivity contribution in [2.24, 2.45) is 0 Å². The van der Waals surface area contributed by atoms with Crippen molar-refractivity contribution in [1.29, 1.82) is 5.26 Å². The number of nitrogens with one attached hydrogen (secondary N) is 2. The summed E-state index contributed by atoms with van der Waals surface area (Å²) in [6.45, 7) is 3.73. The Kier molecular flexibility index (Phi) is 4.99. The molecule has 1 rings (SSSR count). The van der Waals surface area contributed by atoms with Crippen LogP contribution < -0.4 is 10.6 Å². The molecule has 0 atom stereocenters. The van der Waals surface area contributed by atoms with E-state index in [4.69, 9.17) is 16.9 Å². The molecule has 0 aromatic heterocycles. The van der Waals surface area contributed by atoms with Crippen molar-refractivity contribution in [1.82, 2.24) is 5.32 Å². The minimum absolute atomic E-state index is 0.400. The van der Waals surface area contributed by atoms with Crippen LogP contribution in [0.25, 0.3) is 0 Å². The van der Waals surface area contributed by atoms with Gasteiger partial charge in [-0.15, -0.1) is 0 Å². The van der Waals surface area contributed by atoms with Crippen LogP contribution in [0.2, 0.25) is 5.02 Å². The first-order chi connectivity index (χ1) is 8.55. The second-order valence-corrected chi connectivity index (χ2v) is 4.43. The van der Waals surface area contributed by atoms with Crippen LogP contribution in [-0.4, -0.2) is 11.6 Å². The number of nitrogens with zero attached hydrogens (tertiary/aromatic N) is 1. The van der Waals surface area contributed by atoms with Gasteiger partial charge in [0.15, 0.2) is 0 Å². The molecule has 0 saturated carbocycles. The fraction of sp³-hybridized carbons (Fsp3) is 0.385. The van der Waals surface area contributed by atoms with Gasteiger partial charge >= 0.3 is 6.03 Å². The molecule has 0 aliphatic heterocycles. The van der Waals surface area contributed by atoms with Crippen molar-refractivity contribution in [2.75, 3.05) is 5.32 Å². The highest BCUT2D eigenvalue weighted by Gasteiger charge is 2.27. The Hall–Kier alpha value is -1.73. The minimum atomic E-state index is -0.817. The quantitative estimate of drug-likeness (QED) is 0.874. The summed E-state index contributed by atoms with van der Waals surface area (Å²) >= 11 is 5.82. The lowest BCUT2D eigenvalue weighted by Crippen LogP contribution is -2.48. The molecule has 0 radical (unpaired) electrons. The van der Waals surface area contributed by atoms with E-state index in [-0.39, 0.29) is 0 Å². The number of amides is 2. The lowest BCUT2D eigenvalue weighted by molar-refractivity contribution is 0.242. The molecule has 0 saturated heterocycles. The summed E-state index contributed by atoms with van der Waals surface area (Å²) in [5.74, 6) is 0. The number of urea groups is 1. The van der Waals surface area contributed by atoms with Crippen molar-refractivity contribution in [2.45, 2.75) is 32.2 Å². The van der Waals surface area contributed by atoms with Gasteiger partial charge in [-0.2, -0.15) is 5.26 Å². The van der Waals surface area contributed by atoms with Gasteiger partial charge in [0, 0.05) is 10.7 Å². The summed E-state index contributed by atoms with van der Waals surface area (Å²) in [6, 6.07) is 8.59. The van der Waals surface area contributed by atoms with Gasteiger partial charge in [-0.05, 0) is 31.0 Å². The molecule has 0 heterocycles. The fourth-order valence-electron chi connectivity index (χ4n) is 1.56. The second kappa shape index (κ2) is 6.27. The predicted molar refractivity (Wildman–Crippen MR) is 72.5 cm³/mol. The van der Waals surface area contributed by atoms with E-state index in [1.807, 2.05) is 13.8 Å². The number of halogens is 1. The number of hydrogen-bond donors (Lipinski definition) is 2. The van der Waals surface area contributed by atoms with Gasteiger partial charge < -0.3 is 10.6 Å². The van der Waals surface area contributed by atoms with E-state index in [0.717, 1.165) is 0 Å². The number of rotatable bonds is 4. The van der Waals surface area contributed by atoms with E-state index >= 15 is 0 Å². The predicted octanol–water partition coefficient (Wildman–Crippen LogP) is 3.54. The van der Waals surface area contributed by atoms with Gasteiger partial charge in [-0.25, -0.2) is 4.79 Å². The summed E-state index contributed by atoms with van der Waals surface area (Å²) in [7, 11) is 0. The Balaban J connectivity index is 2.70. The molecule has 2 N–H and O–H groups in total. The molecule has 4 nitrogen and oxygen atoms in total. The molecule has 0 aliphatic carbocycles. The zero-order valence-corrected chi connectivity index (χ0v) is 11.2. The minimum Gasteiger partial charge on any atom is -0.319 e. The molecule has 1 aromatic rings. The average Bonchev–Trinajstić information content (AvgIpc) is 2.36. The van der Waals surface area contributed by atoms with Gasteiger partial charge in [-0.1, -0.05) is 31.5 Å². The molecule has 1 aromatic carbocycles.